The molecule has 2 unspecified atom stereocenters. The lowest BCUT2D eigenvalue weighted by Crippen LogP contribution is -2.47. The summed E-state index contributed by atoms with van der Waals surface area (Å²) in [5.41, 5.74) is 0. The molecule has 2 N–H and O–H groups in total. The molecule has 0 aliphatic carbocycles. The number of aliphatic hydroxyl groups excluding tert-OH is 1. The fraction of sp³-hybridized carbons (Fsp3) is 0.600. The molecule has 1 aromatic rings. The van der Waals surface area contributed by atoms with E-state index in [0.29, 0.717) is 10.8 Å². The standard InChI is InChI=1S/C15H24ClNO3S2/c1-4-6-7-8-12(18)15(11(3)5-2)17-22(19,20)14-10-9-13(16)21-14/h6-7,9-12,15,17-18H,4-5,8H2,1-3H3/b7-6+/t11-,12?,15?/m0/s1. The van der Waals surface area contributed by atoms with Crippen molar-refractivity contribution in [1.29, 1.82) is 0 Å². The highest BCUT2D eigenvalue weighted by Crippen LogP contribution is 2.26. The Balaban J connectivity index is 2.91. The van der Waals surface area contributed by atoms with Crippen LogP contribution >= 0.6 is 22.9 Å². The quantitative estimate of drug-likeness (QED) is 0.654. The van der Waals surface area contributed by atoms with Crippen LogP contribution in [-0.4, -0.2) is 25.7 Å². The Hall–Kier alpha value is -0.400. The maximum atomic E-state index is 12.4. The highest BCUT2D eigenvalue weighted by atomic mass is 35.5. The molecule has 4 nitrogen and oxygen atoms in total. The van der Waals surface area contributed by atoms with E-state index in [1.54, 1.807) is 6.07 Å². The Bertz CT molecular complexity index is 583. The van der Waals surface area contributed by atoms with Gasteiger partial charge in [0.2, 0.25) is 10.0 Å². The van der Waals surface area contributed by atoms with Gasteiger partial charge >= 0.3 is 0 Å². The van der Waals surface area contributed by atoms with Crippen molar-refractivity contribution in [3.63, 3.8) is 0 Å². The van der Waals surface area contributed by atoms with Gasteiger partial charge in [-0.05, 0) is 30.9 Å². The minimum absolute atomic E-state index is 0.0234. The smallest absolute Gasteiger partial charge is 0.250 e. The van der Waals surface area contributed by atoms with Crippen molar-refractivity contribution in [2.75, 3.05) is 0 Å². The predicted molar refractivity (Wildman–Crippen MR) is 92.9 cm³/mol. The second-order valence-electron chi connectivity index (χ2n) is 5.27. The van der Waals surface area contributed by atoms with Crippen LogP contribution < -0.4 is 4.72 Å². The molecule has 1 rings (SSSR count). The van der Waals surface area contributed by atoms with E-state index >= 15 is 0 Å². The Morgan fingerprint density at radius 3 is 2.55 bits per heavy atom. The first-order valence-corrected chi connectivity index (χ1v) is 10.1. The van der Waals surface area contributed by atoms with Crippen molar-refractivity contribution in [1.82, 2.24) is 4.72 Å². The number of hydrogen-bond acceptors (Lipinski definition) is 4. The number of nitrogens with one attached hydrogen (secondary N) is 1. The zero-order chi connectivity index (χ0) is 16.8. The van der Waals surface area contributed by atoms with Crippen molar-refractivity contribution in [3.05, 3.63) is 28.6 Å². The Morgan fingerprint density at radius 1 is 1.36 bits per heavy atom. The monoisotopic (exact) mass is 365 g/mol. The Kier molecular flexibility index (Phi) is 8.07. The van der Waals surface area contributed by atoms with Crippen LogP contribution in [0.2, 0.25) is 4.34 Å². The molecule has 0 aromatic carbocycles. The molecule has 0 aliphatic heterocycles. The lowest BCUT2D eigenvalue weighted by molar-refractivity contribution is 0.114. The third-order valence-electron chi connectivity index (χ3n) is 3.56. The number of halogens is 1. The number of allylic oxidation sites excluding steroid dienone is 1. The largest absolute Gasteiger partial charge is 0.391 e. The lowest BCUT2D eigenvalue weighted by Gasteiger charge is -2.28. The third kappa shape index (κ3) is 5.66. The molecular weight excluding hydrogens is 342 g/mol. The van der Waals surface area contributed by atoms with Crippen LogP contribution in [0.3, 0.4) is 0 Å². The average molecular weight is 366 g/mol. The number of thiophene rings is 1. The first kappa shape index (κ1) is 19.6. The number of hydrogen-bond donors (Lipinski definition) is 2. The predicted octanol–water partition coefficient (Wildman–Crippen LogP) is 3.81. The second-order valence-corrected chi connectivity index (χ2v) is 8.93. The van der Waals surface area contributed by atoms with E-state index in [2.05, 4.69) is 4.72 Å². The van der Waals surface area contributed by atoms with E-state index in [1.807, 2.05) is 32.9 Å². The van der Waals surface area contributed by atoms with E-state index in [9.17, 15) is 13.5 Å². The third-order valence-corrected chi connectivity index (χ3v) is 6.74. The van der Waals surface area contributed by atoms with Gasteiger partial charge in [-0.25, -0.2) is 13.1 Å². The van der Waals surface area contributed by atoms with Gasteiger partial charge in [-0.3, -0.25) is 0 Å². The molecule has 7 heteroatoms. The zero-order valence-electron chi connectivity index (χ0n) is 13.1. The van der Waals surface area contributed by atoms with E-state index in [0.717, 1.165) is 24.2 Å². The minimum Gasteiger partial charge on any atom is -0.391 e. The summed E-state index contributed by atoms with van der Waals surface area (Å²) in [6.45, 7) is 5.92. The lowest BCUT2D eigenvalue weighted by atomic mass is 9.93. The van der Waals surface area contributed by atoms with Crippen LogP contribution in [0, 0.1) is 5.92 Å². The van der Waals surface area contributed by atoms with Crippen molar-refractivity contribution in [3.8, 4) is 0 Å². The Labute approximate surface area is 142 Å². The van der Waals surface area contributed by atoms with Crippen LogP contribution in [0.1, 0.15) is 40.0 Å². The maximum absolute atomic E-state index is 12.4. The van der Waals surface area contributed by atoms with E-state index < -0.39 is 22.2 Å². The van der Waals surface area contributed by atoms with Crippen molar-refractivity contribution >= 4 is 33.0 Å². The number of sulfonamides is 1. The number of aliphatic hydroxyl groups is 1. The molecule has 0 radical (unpaired) electrons. The fourth-order valence-electron chi connectivity index (χ4n) is 2.06. The van der Waals surface area contributed by atoms with Crippen molar-refractivity contribution < 1.29 is 13.5 Å². The summed E-state index contributed by atoms with van der Waals surface area (Å²) in [5, 5.41) is 10.4. The molecule has 0 fully saturated rings. The molecule has 0 amide bonds. The molecule has 3 atom stereocenters. The van der Waals surface area contributed by atoms with E-state index in [1.165, 1.54) is 6.07 Å². The SMILES string of the molecule is CC/C=C/CC(O)C(NS(=O)(=O)c1ccc(Cl)s1)[C@@H](C)CC. The van der Waals surface area contributed by atoms with Crippen LogP contribution in [0.25, 0.3) is 0 Å². The second kappa shape index (κ2) is 9.03. The molecule has 22 heavy (non-hydrogen) atoms. The van der Waals surface area contributed by atoms with Crippen LogP contribution in [0.5, 0.6) is 0 Å². The van der Waals surface area contributed by atoms with Crippen molar-refractivity contribution in [2.45, 2.75) is 56.4 Å². The first-order chi connectivity index (χ1) is 10.3. The maximum Gasteiger partial charge on any atom is 0.250 e. The van der Waals surface area contributed by atoms with Crippen LogP contribution in [-0.2, 0) is 10.0 Å². The van der Waals surface area contributed by atoms with Crippen LogP contribution in [0.15, 0.2) is 28.5 Å². The highest BCUT2D eigenvalue weighted by Gasteiger charge is 2.29. The van der Waals surface area contributed by atoms with Gasteiger partial charge in [-0.15, -0.1) is 11.3 Å². The zero-order valence-corrected chi connectivity index (χ0v) is 15.5. The topological polar surface area (TPSA) is 66.4 Å². The van der Waals surface area contributed by atoms with Gasteiger partial charge in [0.25, 0.3) is 0 Å². The molecule has 0 saturated heterocycles. The van der Waals surface area contributed by atoms with E-state index in [-0.39, 0.29) is 10.1 Å². The van der Waals surface area contributed by atoms with Gasteiger partial charge in [0, 0.05) is 0 Å². The fourth-order valence-corrected chi connectivity index (χ4v) is 4.93. The Morgan fingerprint density at radius 2 is 2.05 bits per heavy atom. The molecule has 1 aromatic heterocycles. The van der Waals surface area contributed by atoms with Crippen molar-refractivity contribution in [2.24, 2.45) is 5.92 Å². The molecule has 0 aliphatic rings. The number of rotatable bonds is 9. The van der Waals surface area contributed by atoms with Gasteiger partial charge in [-0.1, -0.05) is 50.9 Å². The van der Waals surface area contributed by atoms with Gasteiger partial charge in [0.15, 0.2) is 0 Å². The molecule has 0 spiro atoms. The summed E-state index contributed by atoms with van der Waals surface area (Å²) in [6.07, 6.45) is 5.17. The van der Waals surface area contributed by atoms with Gasteiger partial charge in [0.1, 0.15) is 4.21 Å². The van der Waals surface area contributed by atoms with E-state index in [4.69, 9.17) is 11.6 Å². The molecule has 126 valence electrons. The highest BCUT2D eigenvalue weighted by molar-refractivity contribution is 7.91. The average Bonchev–Trinajstić information content (AvgIpc) is 2.91. The minimum atomic E-state index is -3.67. The molecule has 0 saturated carbocycles. The van der Waals surface area contributed by atoms with Gasteiger partial charge in [0.05, 0.1) is 16.5 Å². The summed E-state index contributed by atoms with van der Waals surface area (Å²) in [7, 11) is -3.67. The summed E-state index contributed by atoms with van der Waals surface area (Å²) >= 11 is 6.82. The molecule has 1 heterocycles. The molecular formula is C15H24ClNO3S2. The summed E-state index contributed by atoms with van der Waals surface area (Å²) in [4.78, 5) is 0. The van der Waals surface area contributed by atoms with Gasteiger partial charge in [-0.2, -0.15) is 0 Å². The summed E-state index contributed by atoms with van der Waals surface area (Å²) < 4.78 is 28.1. The summed E-state index contributed by atoms with van der Waals surface area (Å²) in [5.74, 6) is 0.0234. The van der Waals surface area contributed by atoms with Gasteiger partial charge < -0.3 is 5.11 Å². The summed E-state index contributed by atoms with van der Waals surface area (Å²) in [6, 6.07) is 2.50. The van der Waals surface area contributed by atoms with Crippen LogP contribution in [0.4, 0.5) is 0 Å². The first-order valence-electron chi connectivity index (χ1n) is 7.42. The normalized spacial score (nSPS) is 16.8. The molecule has 0 bridgehead atoms.